The van der Waals surface area contributed by atoms with E-state index >= 15 is 0 Å². The van der Waals surface area contributed by atoms with E-state index in [4.69, 9.17) is 27.9 Å². The molecule has 1 aromatic carbocycles. The van der Waals surface area contributed by atoms with Gasteiger partial charge >= 0.3 is 5.97 Å². The average molecular weight is 352 g/mol. The van der Waals surface area contributed by atoms with Gasteiger partial charge in [0.25, 0.3) is 5.91 Å². The number of hydrogen-bond donors (Lipinski definition) is 1. The van der Waals surface area contributed by atoms with Gasteiger partial charge in [0, 0.05) is 32.8 Å². The molecule has 0 heterocycles. The monoisotopic (exact) mass is 351 g/mol. The van der Waals surface area contributed by atoms with Crippen molar-refractivity contribution < 1.29 is 18.5 Å². The molecule has 0 aliphatic heterocycles. The Hall–Kier alpha value is -1.11. The largest absolute Gasteiger partial charge is 0.464 e. The number of carbonyl (C=O) groups is 2. The van der Waals surface area contributed by atoms with Gasteiger partial charge in [0.15, 0.2) is 0 Å². The molecule has 1 rings (SSSR count). The Kier molecular flexibility index (Phi) is 6.19. The highest BCUT2D eigenvalue weighted by Gasteiger charge is 2.47. The fourth-order valence-electron chi connectivity index (χ4n) is 1.49. The second-order valence-electron chi connectivity index (χ2n) is 4.32. The molecular weight excluding hydrogens is 337 g/mol. The van der Waals surface area contributed by atoms with Gasteiger partial charge in [-0.05, 0) is 32.0 Å². The van der Waals surface area contributed by atoms with Crippen molar-refractivity contribution in [1.82, 2.24) is 0 Å². The Balaban J connectivity index is 3.07. The first kappa shape index (κ1) is 17.9. The van der Waals surface area contributed by atoms with E-state index in [1.807, 2.05) is 0 Å². The minimum absolute atomic E-state index is 0.0852. The van der Waals surface area contributed by atoms with E-state index in [1.165, 1.54) is 31.4 Å². The molecule has 1 N–H and O–H groups in total. The van der Waals surface area contributed by atoms with Crippen molar-refractivity contribution in [3.05, 3.63) is 28.2 Å². The molecule has 0 bridgehead atoms. The third kappa shape index (κ3) is 4.18. The molecule has 0 radical (unpaired) electrons. The molecule has 116 valence electrons. The first-order valence-electron chi connectivity index (χ1n) is 6.00. The van der Waals surface area contributed by atoms with Gasteiger partial charge in [0.2, 0.25) is 4.75 Å². The maximum absolute atomic E-state index is 12.3. The van der Waals surface area contributed by atoms with E-state index in [0.29, 0.717) is 15.7 Å². The molecule has 0 aliphatic carbocycles. The van der Waals surface area contributed by atoms with Crippen molar-refractivity contribution in [3.63, 3.8) is 0 Å². The molecule has 1 aromatic rings. The molecule has 2 unspecified atom stereocenters. The number of ether oxygens (including phenoxy) is 1. The molecule has 0 spiro atoms. The fraction of sp³-hybridized carbons (Fsp3) is 0.385. The number of hydrogen-bond acceptors (Lipinski definition) is 4. The minimum atomic E-state index is -1.81. The van der Waals surface area contributed by atoms with Crippen molar-refractivity contribution in [2.24, 2.45) is 0 Å². The third-order valence-electron chi connectivity index (χ3n) is 2.79. The smallest absolute Gasteiger partial charge is 0.334 e. The van der Waals surface area contributed by atoms with Crippen LogP contribution in [0.25, 0.3) is 0 Å². The highest BCUT2D eigenvalue weighted by molar-refractivity contribution is 7.87. The van der Waals surface area contributed by atoms with Gasteiger partial charge < -0.3 is 10.1 Å². The minimum Gasteiger partial charge on any atom is -0.464 e. The molecule has 5 nitrogen and oxygen atoms in total. The SMILES string of the molecule is CCOC(=O)C(C)(C(=O)Nc1cc(Cl)cc(Cl)c1)S(C)=O. The molecule has 8 heteroatoms. The molecule has 0 saturated heterocycles. The van der Waals surface area contributed by atoms with Crippen LogP contribution in [-0.2, 0) is 25.1 Å². The second-order valence-corrected chi connectivity index (χ2v) is 6.92. The van der Waals surface area contributed by atoms with Crippen molar-refractivity contribution in [2.45, 2.75) is 18.6 Å². The van der Waals surface area contributed by atoms with Crippen LogP contribution in [0.1, 0.15) is 13.8 Å². The summed E-state index contributed by atoms with van der Waals surface area (Å²) in [5, 5.41) is 3.14. The molecule has 0 aromatic heterocycles. The van der Waals surface area contributed by atoms with E-state index < -0.39 is 27.4 Å². The molecule has 2 atom stereocenters. The van der Waals surface area contributed by atoms with Crippen LogP contribution in [0, 0.1) is 0 Å². The number of nitrogens with one attached hydrogen (secondary N) is 1. The summed E-state index contributed by atoms with van der Waals surface area (Å²) in [6.07, 6.45) is 1.27. The lowest BCUT2D eigenvalue weighted by atomic mass is 10.1. The molecule has 21 heavy (non-hydrogen) atoms. The normalized spacial score (nSPS) is 14.9. The molecule has 1 amide bonds. The zero-order valence-electron chi connectivity index (χ0n) is 11.7. The highest BCUT2D eigenvalue weighted by atomic mass is 35.5. The van der Waals surface area contributed by atoms with Gasteiger partial charge in [-0.25, -0.2) is 4.79 Å². The number of amides is 1. The van der Waals surface area contributed by atoms with Crippen LogP contribution in [-0.4, -0.2) is 33.7 Å². The molecule has 0 aliphatic rings. The first-order chi connectivity index (χ1) is 9.71. The number of rotatable bonds is 5. The van der Waals surface area contributed by atoms with Gasteiger partial charge in [0.1, 0.15) is 0 Å². The van der Waals surface area contributed by atoms with Crippen LogP contribution in [0.4, 0.5) is 5.69 Å². The number of carbonyl (C=O) groups excluding carboxylic acids is 2. The second kappa shape index (κ2) is 7.24. The number of halogens is 2. The number of anilines is 1. The van der Waals surface area contributed by atoms with Crippen LogP contribution in [0.15, 0.2) is 18.2 Å². The van der Waals surface area contributed by atoms with E-state index in [1.54, 1.807) is 6.92 Å². The van der Waals surface area contributed by atoms with E-state index in [0.717, 1.165) is 0 Å². The zero-order chi connectivity index (χ0) is 16.2. The van der Waals surface area contributed by atoms with Gasteiger partial charge in [-0.3, -0.25) is 9.00 Å². The predicted octanol–water partition coefficient (Wildman–Crippen LogP) is 2.63. The number of benzene rings is 1. The Morgan fingerprint density at radius 1 is 1.29 bits per heavy atom. The molecule has 0 fully saturated rings. The van der Waals surface area contributed by atoms with Crippen molar-refractivity contribution in [2.75, 3.05) is 18.2 Å². The Bertz CT molecular complexity index is 573. The highest BCUT2D eigenvalue weighted by Crippen LogP contribution is 2.24. The van der Waals surface area contributed by atoms with Crippen LogP contribution in [0.5, 0.6) is 0 Å². The Morgan fingerprint density at radius 3 is 2.24 bits per heavy atom. The summed E-state index contributed by atoms with van der Waals surface area (Å²) in [5.74, 6) is -1.60. The van der Waals surface area contributed by atoms with Crippen LogP contribution < -0.4 is 5.32 Å². The summed E-state index contributed by atoms with van der Waals surface area (Å²) in [7, 11) is -1.77. The Morgan fingerprint density at radius 2 is 1.81 bits per heavy atom. The quantitative estimate of drug-likeness (QED) is 0.653. The summed E-state index contributed by atoms with van der Waals surface area (Å²) >= 11 is 11.7. The van der Waals surface area contributed by atoms with Gasteiger partial charge in [0.05, 0.1) is 6.61 Å². The summed E-state index contributed by atoms with van der Waals surface area (Å²) in [5.41, 5.74) is 0.304. The van der Waals surface area contributed by atoms with E-state index in [2.05, 4.69) is 5.32 Å². The average Bonchev–Trinajstić information content (AvgIpc) is 2.36. The summed E-state index contributed by atoms with van der Waals surface area (Å²) in [6.45, 7) is 2.95. The fourth-order valence-corrected chi connectivity index (χ4v) is 2.62. The first-order valence-corrected chi connectivity index (χ1v) is 8.31. The van der Waals surface area contributed by atoms with Gasteiger partial charge in [-0.15, -0.1) is 0 Å². The van der Waals surface area contributed by atoms with Crippen LogP contribution in [0.2, 0.25) is 10.0 Å². The van der Waals surface area contributed by atoms with E-state index in [-0.39, 0.29) is 6.61 Å². The topological polar surface area (TPSA) is 72.5 Å². The lowest BCUT2D eigenvalue weighted by Crippen LogP contribution is -2.51. The predicted molar refractivity (Wildman–Crippen MR) is 84.2 cm³/mol. The standard InChI is InChI=1S/C13H15Cl2NO4S/c1-4-20-12(18)13(2,21(3)19)11(17)16-10-6-8(14)5-9(15)7-10/h5-7H,4H2,1-3H3,(H,16,17). The van der Waals surface area contributed by atoms with Crippen molar-refractivity contribution in [3.8, 4) is 0 Å². The third-order valence-corrected chi connectivity index (χ3v) is 4.73. The van der Waals surface area contributed by atoms with Crippen LogP contribution in [0.3, 0.4) is 0 Å². The zero-order valence-corrected chi connectivity index (χ0v) is 14.1. The maximum atomic E-state index is 12.3. The van der Waals surface area contributed by atoms with Crippen molar-refractivity contribution >= 4 is 51.6 Å². The summed E-state index contributed by atoms with van der Waals surface area (Å²) in [6, 6.07) is 4.44. The van der Waals surface area contributed by atoms with Crippen LogP contribution >= 0.6 is 23.2 Å². The van der Waals surface area contributed by atoms with Gasteiger partial charge in [-0.2, -0.15) is 0 Å². The number of esters is 1. The Labute approximate surface area is 135 Å². The van der Waals surface area contributed by atoms with E-state index in [9.17, 15) is 13.8 Å². The van der Waals surface area contributed by atoms with Crippen molar-refractivity contribution in [1.29, 1.82) is 0 Å². The maximum Gasteiger partial charge on any atom is 0.334 e. The lowest BCUT2D eigenvalue weighted by Gasteiger charge is -2.23. The lowest BCUT2D eigenvalue weighted by molar-refractivity contribution is -0.148. The molecular formula is C13H15Cl2NO4S. The van der Waals surface area contributed by atoms with Gasteiger partial charge in [-0.1, -0.05) is 23.2 Å². The summed E-state index contributed by atoms with van der Waals surface area (Å²) in [4.78, 5) is 24.3. The summed E-state index contributed by atoms with van der Waals surface area (Å²) < 4.78 is 14.9. The molecule has 0 saturated carbocycles.